The maximum Gasteiger partial charge on any atom is 0.332 e. The first-order chi connectivity index (χ1) is 12.8. The molecule has 0 unspecified atom stereocenters. The molecule has 3 aromatic rings. The van der Waals surface area contributed by atoms with E-state index in [4.69, 9.17) is 11.6 Å². The summed E-state index contributed by atoms with van der Waals surface area (Å²) in [6.07, 6.45) is 1.44. The summed E-state index contributed by atoms with van der Waals surface area (Å²) in [5.74, 6) is 1.19. The summed E-state index contributed by atoms with van der Waals surface area (Å²) in [6, 6.07) is 7.56. The molecule has 0 atom stereocenters. The quantitative estimate of drug-likeness (QED) is 0.651. The second kappa shape index (κ2) is 7.72. The number of aromatic nitrogens is 4. The van der Waals surface area contributed by atoms with Crippen molar-refractivity contribution in [2.45, 2.75) is 46.7 Å². The number of rotatable bonds is 6. The van der Waals surface area contributed by atoms with Crippen molar-refractivity contribution in [1.29, 1.82) is 0 Å². The summed E-state index contributed by atoms with van der Waals surface area (Å²) >= 11 is 6.00. The summed E-state index contributed by atoms with van der Waals surface area (Å²) < 4.78 is 4.74. The number of benzene rings is 1. The van der Waals surface area contributed by atoms with Gasteiger partial charge in [-0.25, -0.2) is 9.78 Å². The van der Waals surface area contributed by atoms with Gasteiger partial charge >= 0.3 is 5.69 Å². The molecule has 0 aliphatic carbocycles. The second-order valence-electron chi connectivity index (χ2n) is 7.31. The van der Waals surface area contributed by atoms with Crippen LogP contribution in [0.5, 0.6) is 0 Å². The molecule has 0 bridgehead atoms. The van der Waals surface area contributed by atoms with Gasteiger partial charge in [0.1, 0.15) is 5.82 Å². The zero-order valence-corrected chi connectivity index (χ0v) is 17.0. The third-order valence-electron chi connectivity index (χ3n) is 4.60. The number of aryl methyl sites for hydroxylation is 1. The molecule has 0 radical (unpaired) electrons. The van der Waals surface area contributed by atoms with Crippen LogP contribution in [0.1, 0.15) is 38.6 Å². The third kappa shape index (κ3) is 3.72. The molecule has 27 heavy (non-hydrogen) atoms. The van der Waals surface area contributed by atoms with Crippen LogP contribution in [-0.2, 0) is 26.6 Å². The highest BCUT2D eigenvalue weighted by Crippen LogP contribution is 2.18. The largest absolute Gasteiger partial charge is 0.332 e. The first-order valence-electron chi connectivity index (χ1n) is 9.26. The number of nitrogens with zero attached hydrogens (tertiary/aromatic N) is 4. The van der Waals surface area contributed by atoms with Crippen LogP contribution >= 0.6 is 11.6 Å². The van der Waals surface area contributed by atoms with Gasteiger partial charge in [0.05, 0.1) is 0 Å². The van der Waals surface area contributed by atoms with E-state index in [2.05, 4.69) is 18.8 Å². The van der Waals surface area contributed by atoms with Crippen LogP contribution in [0.15, 0.2) is 33.9 Å². The van der Waals surface area contributed by atoms with E-state index < -0.39 is 0 Å². The Hall–Kier alpha value is -2.34. The van der Waals surface area contributed by atoms with Crippen molar-refractivity contribution >= 4 is 22.8 Å². The fourth-order valence-corrected chi connectivity index (χ4v) is 3.43. The Bertz CT molecular complexity index is 1070. The van der Waals surface area contributed by atoms with Crippen LogP contribution in [0, 0.1) is 5.92 Å². The van der Waals surface area contributed by atoms with Gasteiger partial charge < -0.3 is 4.57 Å². The minimum Gasteiger partial charge on any atom is -0.318 e. The molecule has 2 aromatic heterocycles. The molecular weight excluding hydrogens is 364 g/mol. The maximum absolute atomic E-state index is 13.1. The molecule has 0 amide bonds. The van der Waals surface area contributed by atoms with Gasteiger partial charge in [0.15, 0.2) is 11.2 Å². The Morgan fingerprint density at radius 1 is 1.11 bits per heavy atom. The van der Waals surface area contributed by atoms with Gasteiger partial charge in [0.2, 0.25) is 0 Å². The van der Waals surface area contributed by atoms with Gasteiger partial charge in [-0.05, 0) is 30.0 Å². The van der Waals surface area contributed by atoms with Gasteiger partial charge in [0, 0.05) is 31.6 Å². The lowest BCUT2D eigenvalue weighted by atomic mass is 10.1. The lowest BCUT2D eigenvalue weighted by Crippen LogP contribution is -2.39. The number of halogens is 1. The average molecular weight is 389 g/mol. The van der Waals surface area contributed by atoms with E-state index in [9.17, 15) is 9.59 Å². The molecule has 0 aliphatic heterocycles. The minimum absolute atomic E-state index is 0.272. The monoisotopic (exact) mass is 388 g/mol. The summed E-state index contributed by atoms with van der Waals surface area (Å²) in [6.45, 7) is 7.08. The Morgan fingerprint density at radius 3 is 2.37 bits per heavy atom. The van der Waals surface area contributed by atoms with Crippen molar-refractivity contribution < 1.29 is 0 Å². The number of imidazole rings is 1. The normalized spacial score (nSPS) is 11.6. The predicted octanol–water partition coefficient (Wildman–Crippen LogP) is 3.21. The van der Waals surface area contributed by atoms with Crippen LogP contribution in [0.25, 0.3) is 11.2 Å². The number of hydrogen-bond donors (Lipinski definition) is 0. The lowest BCUT2D eigenvalue weighted by Gasteiger charge is -2.12. The van der Waals surface area contributed by atoms with Gasteiger partial charge in [-0.3, -0.25) is 13.9 Å². The van der Waals surface area contributed by atoms with E-state index in [0.717, 1.165) is 17.8 Å². The minimum atomic E-state index is -0.318. The molecule has 2 heterocycles. The fourth-order valence-electron chi connectivity index (χ4n) is 3.30. The molecule has 3 rings (SSSR count). The van der Waals surface area contributed by atoms with Crippen LogP contribution in [0.3, 0.4) is 0 Å². The van der Waals surface area contributed by atoms with Crippen molar-refractivity contribution in [3.05, 3.63) is 61.5 Å². The molecule has 0 saturated heterocycles. The number of hydrogen-bond acceptors (Lipinski definition) is 3. The molecule has 7 heteroatoms. The third-order valence-corrected chi connectivity index (χ3v) is 4.86. The Balaban J connectivity index is 2.28. The van der Waals surface area contributed by atoms with Gasteiger partial charge in [0.25, 0.3) is 5.56 Å². The summed E-state index contributed by atoms with van der Waals surface area (Å²) in [5, 5.41) is 0.671. The molecule has 0 spiro atoms. The topological polar surface area (TPSA) is 61.8 Å². The first kappa shape index (κ1) is 19.4. The zero-order chi connectivity index (χ0) is 19.7. The smallest absolute Gasteiger partial charge is 0.318 e. The van der Waals surface area contributed by atoms with Gasteiger partial charge in [-0.2, -0.15) is 0 Å². The standard InChI is InChI=1S/C20H25ClN4O2/c1-5-10-24-19(26)17-18(23(4)20(24)27)22-16(11-13(2)3)25(17)12-14-6-8-15(21)9-7-14/h6-9,13H,5,10-12H2,1-4H3. The van der Waals surface area contributed by atoms with Crippen molar-refractivity contribution in [3.8, 4) is 0 Å². The Morgan fingerprint density at radius 2 is 1.78 bits per heavy atom. The predicted molar refractivity (Wildman–Crippen MR) is 109 cm³/mol. The Kier molecular flexibility index (Phi) is 5.56. The molecule has 144 valence electrons. The van der Waals surface area contributed by atoms with Crippen LogP contribution in [0.4, 0.5) is 0 Å². The van der Waals surface area contributed by atoms with Crippen LogP contribution in [0.2, 0.25) is 5.02 Å². The first-order valence-corrected chi connectivity index (χ1v) is 9.64. The van der Waals surface area contributed by atoms with E-state index in [0.29, 0.717) is 41.6 Å². The van der Waals surface area contributed by atoms with E-state index >= 15 is 0 Å². The van der Waals surface area contributed by atoms with E-state index in [1.807, 2.05) is 35.8 Å². The molecule has 1 aromatic carbocycles. The highest BCUT2D eigenvalue weighted by Gasteiger charge is 2.20. The van der Waals surface area contributed by atoms with E-state index in [1.54, 1.807) is 7.05 Å². The second-order valence-corrected chi connectivity index (χ2v) is 7.75. The van der Waals surface area contributed by atoms with Crippen LogP contribution < -0.4 is 11.2 Å². The maximum atomic E-state index is 13.1. The van der Waals surface area contributed by atoms with E-state index in [1.165, 1.54) is 9.13 Å². The molecular formula is C20H25ClN4O2. The SMILES string of the molecule is CCCn1c(=O)c2c(nc(CC(C)C)n2Cc2ccc(Cl)cc2)n(C)c1=O. The lowest BCUT2D eigenvalue weighted by molar-refractivity contribution is 0.586. The van der Waals surface area contributed by atoms with Crippen molar-refractivity contribution in [1.82, 2.24) is 18.7 Å². The molecule has 0 saturated carbocycles. The average Bonchev–Trinajstić information content (AvgIpc) is 2.96. The zero-order valence-electron chi connectivity index (χ0n) is 16.2. The summed E-state index contributed by atoms with van der Waals surface area (Å²) in [4.78, 5) is 30.4. The molecule has 6 nitrogen and oxygen atoms in total. The van der Waals surface area contributed by atoms with Gasteiger partial charge in [-0.15, -0.1) is 0 Å². The van der Waals surface area contributed by atoms with Crippen molar-refractivity contribution in [2.24, 2.45) is 13.0 Å². The van der Waals surface area contributed by atoms with Crippen molar-refractivity contribution in [3.63, 3.8) is 0 Å². The van der Waals surface area contributed by atoms with Crippen molar-refractivity contribution in [2.75, 3.05) is 0 Å². The molecule has 0 fully saturated rings. The summed E-state index contributed by atoms with van der Waals surface area (Å²) in [5.41, 5.74) is 1.37. The molecule has 0 aliphatic rings. The highest BCUT2D eigenvalue weighted by molar-refractivity contribution is 6.30. The summed E-state index contributed by atoms with van der Waals surface area (Å²) in [7, 11) is 1.68. The fraction of sp³-hybridized carbons (Fsp3) is 0.450. The number of fused-ring (bicyclic) bond motifs is 1. The molecule has 0 N–H and O–H groups in total. The Labute approximate surface area is 163 Å². The van der Waals surface area contributed by atoms with E-state index in [-0.39, 0.29) is 11.2 Å². The van der Waals surface area contributed by atoms with Gasteiger partial charge in [-0.1, -0.05) is 44.5 Å². The van der Waals surface area contributed by atoms with Crippen LogP contribution in [-0.4, -0.2) is 18.7 Å². The highest BCUT2D eigenvalue weighted by atomic mass is 35.5.